The zero-order valence-electron chi connectivity index (χ0n) is 13.9. The van der Waals surface area contributed by atoms with Crippen LogP contribution in [0.4, 0.5) is 0 Å². The lowest BCUT2D eigenvalue weighted by atomic mass is 9.97. The minimum atomic E-state index is -0.312. The fourth-order valence-corrected chi connectivity index (χ4v) is 3.57. The Hall–Kier alpha value is -2.11. The monoisotopic (exact) mass is 360 g/mol. The third-order valence-corrected chi connectivity index (χ3v) is 4.93. The van der Waals surface area contributed by atoms with Crippen molar-refractivity contribution in [3.63, 3.8) is 0 Å². The first kappa shape index (κ1) is 17.7. The van der Waals surface area contributed by atoms with Gasteiger partial charge in [-0.15, -0.1) is 6.58 Å². The van der Waals surface area contributed by atoms with Gasteiger partial charge in [0.2, 0.25) is 0 Å². The summed E-state index contributed by atoms with van der Waals surface area (Å²) < 4.78 is 0. The zero-order chi connectivity index (χ0) is 18.0. The molecule has 1 aromatic carbocycles. The number of nitrogens with zero attached hydrogens (tertiary/aromatic N) is 2. The topological polar surface area (TPSA) is 60.9 Å². The molecule has 25 heavy (non-hydrogen) atoms. The van der Waals surface area contributed by atoms with Gasteiger partial charge in [0.1, 0.15) is 5.70 Å². The molecule has 2 heterocycles. The summed E-state index contributed by atoms with van der Waals surface area (Å²) in [6.45, 7) is 5.17. The number of carbonyl (C=O) groups excluding carboxylic acids is 2. The molecule has 6 heteroatoms. The van der Waals surface area contributed by atoms with Crippen LogP contribution in [0.3, 0.4) is 0 Å². The standard InChI is InChI=1S/C19H21ClN2O3/c1-2-9-22-18(24)16(14-5-7-15(20)8-6-14)17(19(22)25)21-10-3-4-13(11-21)12-23/h2,5-8,13,23H,1,3-4,9-12H2. The summed E-state index contributed by atoms with van der Waals surface area (Å²) in [7, 11) is 0. The lowest BCUT2D eigenvalue weighted by Gasteiger charge is -2.34. The van der Waals surface area contributed by atoms with E-state index in [9.17, 15) is 14.7 Å². The van der Waals surface area contributed by atoms with E-state index in [2.05, 4.69) is 6.58 Å². The SMILES string of the molecule is C=CCN1C(=O)C(c2ccc(Cl)cc2)=C(N2CCCC(CO)C2)C1=O. The molecule has 5 nitrogen and oxygen atoms in total. The summed E-state index contributed by atoms with van der Waals surface area (Å²) in [6.07, 6.45) is 3.35. The molecule has 1 unspecified atom stereocenters. The van der Waals surface area contributed by atoms with Gasteiger partial charge in [-0.05, 0) is 36.5 Å². The number of hydrogen-bond acceptors (Lipinski definition) is 4. The fourth-order valence-electron chi connectivity index (χ4n) is 3.45. The molecule has 1 fully saturated rings. The maximum absolute atomic E-state index is 12.9. The second-order valence-electron chi connectivity index (χ2n) is 6.38. The number of halogens is 1. The molecular formula is C19H21ClN2O3. The number of piperidine rings is 1. The molecule has 0 saturated carbocycles. The number of amides is 2. The van der Waals surface area contributed by atoms with E-state index in [4.69, 9.17) is 11.6 Å². The van der Waals surface area contributed by atoms with Crippen molar-refractivity contribution in [1.29, 1.82) is 0 Å². The third-order valence-electron chi connectivity index (χ3n) is 4.68. The van der Waals surface area contributed by atoms with Crippen molar-refractivity contribution < 1.29 is 14.7 Å². The number of rotatable bonds is 5. The molecule has 2 aliphatic rings. The predicted octanol–water partition coefficient (Wildman–Crippen LogP) is 2.31. The molecule has 132 valence electrons. The number of aliphatic hydroxyl groups is 1. The van der Waals surface area contributed by atoms with Crippen LogP contribution in [0.1, 0.15) is 18.4 Å². The van der Waals surface area contributed by atoms with E-state index >= 15 is 0 Å². The largest absolute Gasteiger partial charge is 0.396 e. The van der Waals surface area contributed by atoms with Gasteiger partial charge in [0.25, 0.3) is 11.8 Å². The summed E-state index contributed by atoms with van der Waals surface area (Å²) in [4.78, 5) is 29.0. The summed E-state index contributed by atoms with van der Waals surface area (Å²) in [6, 6.07) is 6.94. The second-order valence-corrected chi connectivity index (χ2v) is 6.81. The van der Waals surface area contributed by atoms with E-state index in [-0.39, 0.29) is 30.9 Å². The van der Waals surface area contributed by atoms with E-state index in [1.807, 2.05) is 4.90 Å². The molecule has 0 radical (unpaired) electrons. The minimum absolute atomic E-state index is 0.0819. The van der Waals surface area contributed by atoms with Crippen molar-refractivity contribution in [1.82, 2.24) is 9.80 Å². The lowest BCUT2D eigenvalue weighted by molar-refractivity contribution is -0.137. The van der Waals surface area contributed by atoms with Gasteiger partial charge >= 0.3 is 0 Å². The summed E-state index contributed by atoms with van der Waals surface area (Å²) in [5, 5.41) is 10.1. The quantitative estimate of drug-likeness (QED) is 0.646. The molecule has 1 N–H and O–H groups in total. The van der Waals surface area contributed by atoms with E-state index in [1.54, 1.807) is 30.3 Å². The van der Waals surface area contributed by atoms with Crippen molar-refractivity contribution in [2.45, 2.75) is 12.8 Å². The lowest BCUT2D eigenvalue weighted by Crippen LogP contribution is -2.40. The molecule has 0 aliphatic carbocycles. The van der Waals surface area contributed by atoms with Crippen molar-refractivity contribution in [2.75, 3.05) is 26.2 Å². The van der Waals surface area contributed by atoms with Gasteiger partial charge in [-0.3, -0.25) is 14.5 Å². The maximum Gasteiger partial charge on any atom is 0.278 e. The number of benzene rings is 1. The van der Waals surface area contributed by atoms with E-state index in [0.29, 0.717) is 34.9 Å². The molecule has 1 atom stereocenters. The Bertz CT molecular complexity index is 727. The van der Waals surface area contributed by atoms with Crippen LogP contribution in [0.5, 0.6) is 0 Å². The van der Waals surface area contributed by atoms with Crippen LogP contribution in [0.15, 0.2) is 42.6 Å². The van der Waals surface area contributed by atoms with Gasteiger partial charge < -0.3 is 10.0 Å². The van der Waals surface area contributed by atoms with Crippen LogP contribution in [-0.2, 0) is 9.59 Å². The second kappa shape index (κ2) is 7.42. The Balaban J connectivity index is 2.05. The van der Waals surface area contributed by atoms with Gasteiger partial charge in [0, 0.05) is 31.3 Å². The van der Waals surface area contributed by atoms with Crippen LogP contribution in [0, 0.1) is 5.92 Å². The maximum atomic E-state index is 12.9. The summed E-state index contributed by atoms with van der Waals surface area (Å²) >= 11 is 5.95. The summed E-state index contributed by atoms with van der Waals surface area (Å²) in [5.74, 6) is -0.495. The first-order chi connectivity index (χ1) is 12.1. The van der Waals surface area contributed by atoms with Crippen molar-refractivity contribution in [3.05, 3.63) is 53.2 Å². The molecule has 1 saturated heterocycles. The van der Waals surface area contributed by atoms with E-state index in [1.165, 1.54) is 4.90 Å². The average molecular weight is 361 g/mol. The number of likely N-dealkylation sites (tertiary alicyclic amines) is 1. The molecule has 3 rings (SSSR count). The Labute approximate surface area is 152 Å². The third kappa shape index (κ3) is 3.34. The van der Waals surface area contributed by atoms with Crippen LogP contribution >= 0.6 is 11.6 Å². The Kier molecular flexibility index (Phi) is 5.25. The van der Waals surface area contributed by atoms with Gasteiger partial charge in [-0.25, -0.2) is 0 Å². The first-order valence-electron chi connectivity index (χ1n) is 8.40. The molecule has 1 aromatic rings. The molecule has 0 aromatic heterocycles. The first-order valence-corrected chi connectivity index (χ1v) is 8.77. The van der Waals surface area contributed by atoms with Gasteiger partial charge in [0.05, 0.1) is 5.57 Å². The fraction of sp³-hybridized carbons (Fsp3) is 0.368. The molecule has 2 aliphatic heterocycles. The highest BCUT2D eigenvalue weighted by Crippen LogP contribution is 2.34. The predicted molar refractivity (Wildman–Crippen MR) is 96.7 cm³/mol. The number of hydrogen-bond donors (Lipinski definition) is 1. The highest BCUT2D eigenvalue weighted by molar-refractivity contribution is 6.36. The van der Waals surface area contributed by atoms with Gasteiger partial charge in [-0.1, -0.05) is 29.8 Å². The van der Waals surface area contributed by atoms with Crippen LogP contribution in [-0.4, -0.2) is 53.0 Å². The van der Waals surface area contributed by atoms with E-state index < -0.39 is 0 Å². The Morgan fingerprint density at radius 2 is 1.96 bits per heavy atom. The minimum Gasteiger partial charge on any atom is -0.396 e. The Morgan fingerprint density at radius 3 is 2.60 bits per heavy atom. The highest BCUT2D eigenvalue weighted by Gasteiger charge is 2.41. The molecule has 2 amide bonds. The summed E-state index contributed by atoms with van der Waals surface area (Å²) in [5.41, 5.74) is 1.50. The molecule has 0 spiro atoms. The Morgan fingerprint density at radius 1 is 1.24 bits per heavy atom. The molecular weight excluding hydrogens is 340 g/mol. The average Bonchev–Trinajstić information content (AvgIpc) is 2.87. The smallest absolute Gasteiger partial charge is 0.278 e. The van der Waals surface area contributed by atoms with Crippen molar-refractivity contribution in [3.8, 4) is 0 Å². The van der Waals surface area contributed by atoms with Crippen molar-refractivity contribution in [2.24, 2.45) is 5.92 Å². The number of aliphatic hydroxyl groups excluding tert-OH is 1. The molecule has 0 bridgehead atoms. The number of carbonyl (C=O) groups is 2. The van der Waals surface area contributed by atoms with Crippen molar-refractivity contribution >= 4 is 29.0 Å². The van der Waals surface area contributed by atoms with E-state index in [0.717, 1.165) is 12.8 Å². The van der Waals surface area contributed by atoms with Crippen LogP contribution in [0.2, 0.25) is 5.02 Å². The number of imide groups is 1. The van der Waals surface area contributed by atoms with Gasteiger partial charge in [-0.2, -0.15) is 0 Å². The zero-order valence-corrected chi connectivity index (χ0v) is 14.7. The van der Waals surface area contributed by atoms with Crippen LogP contribution < -0.4 is 0 Å². The normalized spacial score (nSPS) is 21.3. The highest BCUT2D eigenvalue weighted by atomic mass is 35.5. The van der Waals surface area contributed by atoms with Crippen LogP contribution in [0.25, 0.3) is 5.57 Å². The van der Waals surface area contributed by atoms with Gasteiger partial charge in [0.15, 0.2) is 0 Å².